The van der Waals surface area contributed by atoms with Crippen molar-refractivity contribution in [1.29, 1.82) is 0 Å². The number of fused-ring (bicyclic) bond motifs is 10. The highest BCUT2D eigenvalue weighted by atomic mass is 32.1. The van der Waals surface area contributed by atoms with Crippen LogP contribution in [-0.4, -0.2) is 11.5 Å². The molecular formula is C68H46N2S. The lowest BCUT2D eigenvalue weighted by Crippen LogP contribution is -2.22. The van der Waals surface area contributed by atoms with Crippen LogP contribution in [0.2, 0.25) is 0 Å². The number of hydrogen-bond donors (Lipinski definition) is 0. The Morgan fingerprint density at radius 1 is 0.423 bits per heavy atom. The van der Waals surface area contributed by atoms with Gasteiger partial charge in [0.15, 0.2) is 5.84 Å². The Hall–Kier alpha value is -8.50. The second-order valence-corrected chi connectivity index (χ2v) is 20.4. The van der Waals surface area contributed by atoms with Crippen LogP contribution in [0.3, 0.4) is 0 Å². The van der Waals surface area contributed by atoms with E-state index in [0.717, 1.165) is 38.7 Å². The monoisotopic (exact) mass is 922 g/mol. The predicted octanol–water partition coefficient (Wildman–Crippen LogP) is 18.6. The molecule has 2 heterocycles. The zero-order chi connectivity index (χ0) is 47.3. The van der Waals surface area contributed by atoms with Crippen LogP contribution in [0.4, 0.5) is 0 Å². The lowest BCUT2D eigenvalue weighted by atomic mass is 9.79. The average molecular weight is 923 g/mol. The lowest BCUT2D eigenvalue weighted by molar-refractivity contribution is 0.881. The quantitative estimate of drug-likeness (QED) is 0.149. The van der Waals surface area contributed by atoms with Crippen LogP contribution in [0.25, 0.3) is 95.9 Å². The summed E-state index contributed by atoms with van der Waals surface area (Å²) >= 11 is 1.86. The van der Waals surface area contributed by atoms with E-state index in [4.69, 9.17) is 16.6 Å². The summed E-state index contributed by atoms with van der Waals surface area (Å²) in [4.78, 5) is 11.5. The molecule has 14 rings (SSSR count). The van der Waals surface area contributed by atoms with Gasteiger partial charge in [0.25, 0.3) is 0 Å². The molecule has 12 aromatic carbocycles. The van der Waals surface area contributed by atoms with Crippen molar-refractivity contribution in [2.24, 2.45) is 9.98 Å². The highest BCUT2D eigenvalue weighted by molar-refractivity contribution is 7.26. The first-order valence-electron chi connectivity index (χ1n) is 24.6. The van der Waals surface area contributed by atoms with Crippen LogP contribution < -0.4 is 0 Å². The van der Waals surface area contributed by atoms with Crippen molar-refractivity contribution >= 4 is 108 Å². The van der Waals surface area contributed by atoms with Gasteiger partial charge in [-0.05, 0) is 141 Å². The van der Waals surface area contributed by atoms with E-state index >= 15 is 0 Å². The number of rotatable bonds is 6. The fourth-order valence-corrected chi connectivity index (χ4v) is 12.9. The molecule has 0 amide bonds. The maximum Gasteiger partial charge on any atom is 0.156 e. The third kappa shape index (κ3) is 6.68. The normalized spacial score (nSPS) is 14.6. The predicted molar refractivity (Wildman–Crippen MR) is 306 cm³/mol. The number of nitrogens with zero attached hydrogens (tertiary/aromatic N) is 2. The molecule has 1 aromatic heterocycles. The first kappa shape index (κ1) is 41.5. The summed E-state index contributed by atoms with van der Waals surface area (Å²) in [7, 11) is 0. The molecule has 1 aliphatic heterocycles. The van der Waals surface area contributed by atoms with Crippen LogP contribution in [-0.2, 0) is 0 Å². The second kappa shape index (κ2) is 16.3. The molecule has 0 spiro atoms. The average Bonchev–Trinajstić information content (AvgIpc) is 3.77. The largest absolute Gasteiger partial charge is 0.253 e. The summed E-state index contributed by atoms with van der Waals surface area (Å²) < 4.78 is 2.50. The van der Waals surface area contributed by atoms with Crippen molar-refractivity contribution in [1.82, 2.24) is 0 Å². The minimum Gasteiger partial charge on any atom is -0.253 e. The van der Waals surface area contributed by atoms with Crippen molar-refractivity contribution in [2.45, 2.75) is 25.8 Å². The lowest BCUT2D eigenvalue weighted by Gasteiger charge is -2.28. The van der Waals surface area contributed by atoms with E-state index in [2.05, 4.69) is 232 Å². The molecule has 334 valence electrons. The fourth-order valence-electron chi connectivity index (χ4n) is 11.7. The summed E-state index contributed by atoms with van der Waals surface area (Å²) in [5.74, 6) is 0.650. The summed E-state index contributed by atoms with van der Waals surface area (Å²) in [5.41, 5.74) is 11.3. The van der Waals surface area contributed by atoms with Crippen LogP contribution >= 0.6 is 11.3 Å². The van der Waals surface area contributed by atoms with Gasteiger partial charge < -0.3 is 0 Å². The van der Waals surface area contributed by atoms with Crippen LogP contribution in [0.5, 0.6) is 0 Å². The van der Waals surface area contributed by atoms with Crippen molar-refractivity contribution in [3.63, 3.8) is 0 Å². The summed E-state index contributed by atoms with van der Waals surface area (Å²) in [6.45, 7) is 9.72. The van der Waals surface area contributed by atoms with Gasteiger partial charge >= 0.3 is 0 Å². The Morgan fingerprint density at radius 2 is 0.986 bits per heavy atom. The molecule has 0 radical (unpaired) electrons. The molecule has 2 nitrogen and oxygen atoms in total. The first-order chi connectivity index (χ1) is 34.9. The minimum absolute atomic E-state index is 0.0643. The highest BCUT2D eigenvalue weighted by Gasteiger charge is 2.32. The second-order valence-electron chi connectivity index (χ2n) is 19.3. The fraction of sp³-hybridized carbons (Fsp3) is 0.0588. The third-order valence-electron chi connectivity index (χ3n) is 15.2. The SMILES string of the molecule is C=C1C(c2cc3sc4cc5ccccc5cc4c3cc2[C@H](C)c2ccc3ccccc3c2-c2cc3ccccc3cc2C)=NC(c2cccc3ccccc23)=NC1c1cc2ccccc2c2ccccc12. The Labute approximate surface area is 416 Å². The van der Waals surface area contributed by atoms with Gasteiger partial charge in [-0.15, -0.1) is 11.3 Å². The van der Waals surface area contributed by atoms with E-state index in [-0.39, 0.29) is 5.92 Å². The molecule has 3 heteroatoms. The minimum atomic E-state index is -0.408. The van der Waals surface area contributed by atoms with Crippen LogP contribution in [0.15, 0.2) is 241 Å². The van der Waals surface area contributed by atoms with Gasteiger partial charge in [-0.25, -0.2) is 4.99 Å². The zero-order valence-electron chi connectivity index (χ0n) is 39.4. The zero-order valence-corrected chi connectivity index (χ0v) is 40.3. The Balaban J connectivity index is 1.06. The van der Waals surface area contributed by atoms with E-state index in [9.17, 15) is 0 Å². The van der Waals surface area contributed by atoms with E-state index < -0.39 is 6.04 Å². The maximum absolute atomic E-state index is 5.76. The number of benzene rings is 12. The standard InChI is InChI=1S/C68H46N2S/c1-40-33-45-19-4-5-20-46(45)34-57(40)65-50(32-31-44-18-9-13-27-53(44)65)41(2)58-38-60-59-35-47-21-6-7-22-48(47)37-63(59)71-64(60)39-62(58)67-42(3)66(69-68(70-67)56-30-16-24-43-17-8-11-25-51(43)56)61-36-49-23-10-12-26-52(49)54-28-14-15-29-55(54)61/h4-39,41,66H,3H2,1-2H3/t41-,66?/m1/s1. The summed E-state index contributed by atoms with van der Waals surface area (Å²) in [6.07, 6.45) is 0. The van der Waals surface area contributed by atoms with Gasteiger partial charge in [0, 0.05) is 42.8 Å². The Morgan fingerprint density at radius 3 is 1.75 bits per heavy atom. The van der Waals surface area contributed by atoms with E-state index in [0.29, 0.717) is 5.84 Å². The Kier molecular flexibility index (Phi) is 9.52. The molecule has 2 atom stereocenters. The van der Waals surface area contributed by atoms with Gasteiger partial charge in [-0.2, -0.15) is 0 Å². The number of aryl methyl sites for hydroxylation is 1. The third-order valence-corrected chi connectivity index (χ3v) is 16.4. The topological polar surface area (TPSA) is 24.7 Å². The van der Waals surface area contributed by atoms with Gasteiger partial charge in [0.2, 0.25) is 0 Å². The molecule has 0 aliphatic carbocycles. The molecule has 0 saturated carbocycles. The molecule has 0 fully saturated rings. The molecule has 71 heavy (non-hydrogen) atoms. The molecule has 0 bridgehead atoms. The molecule has 1 aliphatic rings. The molecular weight excluding hydrogens is 877 g/mol. The Bertz CT molecular complexity index is 4470. The number of aliphatic imine (C=N–C) groups is 2. The van der Waals surface area contributed by atoms with Crippen molar-refractivity contribution in [2.75, 3.05) is 0 Å². The van der Waals surface area contributed by atoms with Crippen LogP contribution in [0, 0.1) is 6.92 Å². The van der Waals surface area contributed by atoms with Gasteiger partial charge in [-0.3, -0.25) is 4.99 Å². The maximum atomic E-state index is 5.76. The number of amidine groups is 1. The van der Waals surface area contributed by atoms with Crippen molar-refractivity contribution in [3.8, 4) is 11.1 Å². The molecule has 0 N–H and O–H groups in total. The van der Waals surface area contributed by atoms with E-state index in [1.54, 1.807) is 0 Å². The van der Waals surface area contributed by atoms with Gasteiger partial charge in [-0.1, -0.05) is 195 Å². The van der Waals surface area contributed by atoms with E-state index in [1.807, 2.05) is 11.3 Å². The first-order valence-corrected chi connectivity index (χ1v) is 25.4. The molecule has 0 saturated heterocycles. The number of hydrogen-bond acceptors (Lipinski definition) is 3. The van der Waals surface area contributed by atoms with E-state index in [1.165, 1.54) is 102 Å². The highest BCUT2D eigenvalue weighted by Crippen LogP contribution is 2.47. The van der Waals surface area contributed by atoms with Crippen LogP contribution in [0.1, 0.15) is 52.3 Å². The van der Waals surface area contributed by atoms with Gasteiger partial charge in [0.05, 0.1) is 5.71 Å². The van der Waals surface area contributed by atoms with Crippen molar-refractivity contribution < 1.29 is 0 Å². The van der Waals surface area contributed by atoms with Crippen molar-refractivity contribution in [3.05, 3.63) is 264 Å². The summed E-state index contributed by atoms with van der Waals surface area (Å²) in [5, 5.41) is 17.1. The molecule has 1 unspecified atom stereocenters. The summed E-state index contributed by atoms with van der Waals surface area (Å²) in [6, 6.07) is 80.0. The number of thiophene rings is 1. The smallest absolute Gasteiger partial charge is 0.156 e. The van der Waals surface area contributed by atoms with Gasteiger partial charge in [0.1, 0.15) is 6.04 Å². The molecule has 13 aromatic rings.